The first kappa shape index (κ1) is 25.7. The molecule has 1 aliphatic carbocycles. The van der Waals surface area contributed by atoms with E-state index < -0.39 is 44.7 Å². The number of hydrogen-bond acceptors (Lipinski definition) is 7. The van der Waals surface area contributed by atoms with Crippen molar-refractivity contribution >= 4 is 13.7 Å². The molecular formula is C21H33FNO7P. The normalized spacial score (nSPS) is 20.8. The van der Waals surface area contributed by atoms with Gasteiger partial charge in [0.05, 0.1) is 12.7 Å². The van der Waals surface area contributed by atoms with Crippen molar-refractivity contribution in [3.63, 3.8) is 0 Å². The quantitative estimate of drug-likeness (QED) is 0.358. The van der Waals surface area contributed by atoms with E-state index in [1.807, 2.05) is 0 Å². The van der Waals surface area contributed by atoms with Gasteiger partial charge in [-0.2, -0.15) is 5.09 Å². The van der Waals surface area contributed by atoms with Crippen LogP contribution in [0.5, 0.6) is 5.75 Å². The van der Waals surface area contributed by atoms with Crippen LogP contribution in [0, 0.1) is 0 Å². The van der Waals surface area contributed by atoms with Gasteiger partial charge in [-0.3, -0.25) is 9.32 Å². The lowest BCUT2D eigenvalue weighted by atomic mass is 9.98. The summed E-state index contributed by atoms with van der Waals surface area (Å²) in [5.41, 5.74) is -1.73. The van der Waals surface area contributed by atoms with Crippen LogP contribution >= 0.6 is 7.75 Å². The van der Waals surface area contributed by atoms with Crippen LogP contribution in [0.25, 0.3) is 0 Å². The zero-order chi connectivity index (χ0) is 22.9. The molecule has 10 heteroatoms. The maximum Gasteiger partial charge on any atom is 0.459 e. The summed E-state index contributed by atoms with van der Waals surface area (Å²) in [5, 5.41) is 12.5. The van der Waals surface area contributed by atoms with Crippen molar-refractivity contribution in [3.05, 3.63) is 30.3 Å². The minimum absolute atomic E-state index is 0.163. The second-order valence-corrected chi connectivity index (χ2v) is 9.50. The monoisotopic (exact) mass is 461 g/mol. The fourth-order valence-corrected chi connectivity index (χ4v) is 4.75. The number of hydrogen-bond donors (Lipinski definition) is 2. The number of alkyl halides is 1. The number of rotatable bonds is 12. The Morgan fingerprint density at radius 3 is 2.45 bits per heavy atom. The van der Waals surface area contributed by atoms with Crippen molar-refractivity contribution in [2.75, 3.05) is 20.4 Å². The zero-order valence-electron chi connectivity index (χ0n) is 18.3. The van der Waals surface area contributed by atoms with Gasteiger partial charge in [0.15, 0.2) is 0 Å². The van der Waals surface area contributed by atoms with E-state index in [0.29, 0.717) is 0 Å². The number of para-hydroxylation sites is 1. The van der Waals surface area contributed by atoms with Crippen LogP contribution in [0.4, 0.5) is 4.39 Å². The van der Waals surface area contributed by atoms with Crippen LogP contribution in [-0.4, -0.2) is 55.3 Å². The molecule has 2 N–H and O–H groups in total. The lowest BCUT2D eigenvalue weighted by molar-refractivity contribution is -0.152. The lowest BCUT2D eigenvalue weighted by Crippen LogP contribution is -2.49. The van der Waals surface area contributed by atoms with E-state index in [2.05, 4.69) is 5.09 Å². The van der Waals surface area contributed by atoms with Gasteiger partial charge in [0, 0.05) is 7.11 Å². The molecule has 1 saturated carbocycles. The number of ether oxygens (including phenoxy) is 2. The molecule has 0 bridgehead atoms. The van der Waals surface area contributed by atoms with E-state index in [4.69, 9.17) is 18.5 Å². The van der Waals surface area contributed by atoms with Crippen molar-refractivity contribution in [2.45, 2.75) is 69.8 Å². The average Bonchev–Trinajstić information content (AvgIpc) is 2.76. The molecule has 1 aliphatic rings. The Labute approximate surface area is 183 Å². The smallest absolute Gasteiger partial charge is 0.459 e. The largest absolute Gasteiger partial charge is 0.461 e. The van der Waals surface area contributed by atoms with Gasteiger partial charge in [-0.1, -0.05) is 24.6 Å². The van der Waals surface area contributed by atoms with E-state index >= 15 is 0 Å². The number of aliphatic hydroxyl groups is 1. The predicted molar refractivity (Wildman–Crippen MR) is 114 cm³/mol. The highest BCUT2D eigenvalue weighted by molar-refractivity contribution is 7.52. The molecule has 8 nitrogen and oxygen atoms in total. The number of carbonyl (C=O) groups is 1. The molecule has 4 atom stereocenters. The Bertz CT molecular complexity index is 724. The number of nitrogens with one attached hydrogen (secondary N) is 1. The topological polar surface area (TPSA) is 103 Å². The highest BCUT2D eigenvalue weighted by Gasteiger charge is 2.41. The number of benzene rings is 1. The van der Waals surface area contributed by atoms with Crippen LogP contribution in [-0.2, 0) is 23.4 Å². The first-order valence-electron chi connectivity index (χ1n) is 10.5. The molecule has 0 aromatic heterocycles. The minimum Gasteiger partial charge on any atom is -0.461 e. The summed E-state index contributed by atoms with van der Waals surface area (Å²) in [6, 6.07) is 7.23. The summed E-state index contributed by atoms with van der Waals surface area (Å²) >= 11 is 0. The molecule has 2 unspecified atom stereocenters. The standard InChI is InChI=1S/C21H33FNO7P/c1-16(20(25)29-18-10-6-4-7-11-18)23-31(26,30-19-12-8-5-9-13-19)28-15-21(14-22,27-3)17(2)24/h5,8-9,12-13,16-18,24H,4,6-7,10-11,14-15H2,1-3H3,(H,23,26)/t16?,17-,21+,31?/m0/s1. The third-order valence-electron chi connectivity index (χ3n) is 5.38. The van der Waals surface area contributed by atoms with Crippen molar-refractivity contribution in [1.29, 1.82) is 0 Å². The van der Waals surface area contributed by atoms with E-state index in [-0.39, 0.29) is 11.9 Å². The van der Waals surface area contributed by atoms with Crippen LogP contribution < -0.4 is 9.61 Å². The van der Waals surface area contributed by atoms with Gasteiger partial charge >= 0.3 is 13.7 Å². The number of esters is 1. The molecular weight excluding hydrogens is 428 g/mol. The molecule has 1 aromatic carbocycles. The van der Waals surface area contributed by atoms with Crippen LogP contribution in [0.15, 0.2) is 30.3 Å². The van der Waals surface area contributed by atoms with Crippen molar-refractivity contribution in [2.24, 2.45) is 0 Å². The van der Waals surface area contributed by atoms with E-state index in [0.717, 1.165) is 32.1 Å². The van der Waals surface area contributed by atoms with Gasteiger partial charge in [0.25, 0.3) is 0 Å². The maximum atomic E-state index is 13.6. The Balaban J connectivity index is 2.12. The van der Waals surface area contributed by atoms with E-state index in [9.17, 15) is 18.9 Å². The van der Waals surface area contributed by atoms with Crippen LogP contribution in [0.3, 0.4) is 0 Å². The van der Waals surface area contributed by atoms with Gasteiger partial charge in [-0.25, -0.2) is 8.96 Å². The van der Waals surface area contributed by atoms with Gasteiger partial charge < -0.3 is 19.1 Å². The summed E-state index contributed by atoms with van der Waals surface area (Å²) in [4.78, 5) is 12.5. The molecule has 0 aliphatic heterocycles. The second kappa shape index (κ2) is 11.9. The summed E-state index contributed by atoms with van der Waals surface area (Å²) in [7, 11) is -2.96. The molecule has 1 aromatic rings. The van der Waals surface area contributed by atoms with Crippen molar-refractivity contribution in [3.8, 4) is 5.75 Å². The SMILES string of the molecule is CO[C@](CF)(COP(=O)(NC(C)C(=O)OC1CCCCC1)Oc1ccccc1)[C@H](C)O. The Morgan fingerprint density at radius 2 is 1.90 bits per heavy atom. The number of aliphatic hydroxyl groups excluding tert-OH is 1. The van der Waals surface area contributed by atoms with Crippen LogP contribution in [0.1, 0.15) is 46.0 Å². The summed E-state index contributed by atoms with van der Waals surface area (Å²) < 4.78 is 48.7. The lowest BCUT2D eigenvalue weighted by Gasteiger charge is -2.33. The van der Waals surface area contributed by atoms with Gasteiger partial charge in [-0.15, -0.1) is 0 Å². The van der Waals surface area contributed by atoms with Gasteiger partial charge in [0.2, 0.25) is 0 Å². The highest BCUT2D eigenvalue weighted by atomic mass is 31.2. The third-order valence-corrected chi connectivity index (χ3v) is 7.01. The van der Waals surface area contributed by atoms with E-state index in [1.54, 1.807) is 30.3 Å². The van der Waals surface area contributed by atoms with Crippen LogP contribution in [0.2, 0.25) is 0 Å². The van der Waals surface area contributed by atoms with Crippen molar-refractivity contribution < 1.29 is 37.4 Å². The average molecular weight is 461 g/mol. The summed E-state index contributed by atoms with van der Waals surface area (Å²) in [6.45, 7) is 1.18. The fourth-order valence-electron chi connectivity index (χ4n) is 3.20. The molecule has 0 radical (unpaired) electrons. The molecule has 0 saturated heterocycles. The number of carbonyl (C=O) groups excluding carboxylic acids is 1. The first-order valence-corrected chi connectivity index (χ1v) is 12.0. The number of methoxy groups -OCH3 is 1. The molecule has 0 amide bonds. The Hall–Kier alpha value is -1.51. The first-order chi connectivity index (χ1) is 14.7. The maximum absolute atomic E-state index is 13.6. The molecule has 0 spiro atoms. The van der Waals surface area contributed by atoms with E-state index in [1.165, 1.54) is 21.0 Å². The zero-order valence-corrected chi connectivity index (χ0v) is 19.2. The van der Waals surface area contributed by atoms with Crippen molar-refractivity contribution in [1.82, 2.24) is 5.09 Å². The minimum atomic E-state index is -4.18. The second-order valence-electron chi connectivity index (χ2n) is 7.80. The summed E-state index contributed by atoms with van der Waals surface area (Å²) in [5.74, 6) is -0.349. The fraction of sp³-hybridized carbons (Fsp3) is 0.667. The Kier molecular flexibility index (Phi) is 9.90. The third kappa shape index (κ3) is 7.54. The number of halogens is 1. The molecule has 1 fully saturated rings. The van der Waals surface area contributed by atoms with Gasteiger partial charge in [0.1, 0.15) is 30.2 Å². The highest BCUT2D eigenvalue weighted by Crippen LogP contribution is 2.46. The predicted octanol–water partition coefficient (Wildman–Crippen LogP) is 3.78. The molecule has 2 rings (SSSR count). The molecule has 176 valence electrons. The van der Waals surface area contributed by atoms with Gasteiger partial charge in [-0.05, 0) is 51.7 Å². The summed E-state index contributed by atoms with van der Waals surface area (Å²) in [6.07, 6.45) is 3.31. The molecule has 31 heavy (non-hydrogen) atoms. The Morgan fingerprint density at radius 1 is 1.26 bits per heavy atom. The molecule has 0 heterocycles.